The van der Waals surface area contributed by atoms with Gasteiger partial charge in [0.05, 0.1) is 0 Å². The van der Waals surface area contributed by atoms with Crippen LogP contribution in [0, 0.1) is 0 Å². The Morgan fingerprint density at radius 1 is 1.15 bits per heavy atom. The van der Waals surface area contributed by atoms with Gasteiger partial charge in [0, 0.05) is 32.7 Å². The van der Waals surface area contributed by atoms with E-state index in [4.69, 9.17) is 39.5 Å². The summed E-state index contributed by atoms with van der Waals surface area (Å²) in [6, 6.07) is 9.85. The molecule has 2 aromatic rings. The number of carbonyl (C=O) groups is 1. The monoisotopic (exact) mass is 447 g/mol. The average Bonchev–Trinajstić information content (AvgIpc) is 2.62. The van der Waals surface area contributed by atoms with Gasteiger partial charge in [-0.15, -0.1) is 0 Å². The van der Waals surface area contributed by atoms with Crippen molar-refractivity contribution in [2.45, 2.75) is 25.6 Å². The minimum atomic E-state index is -0.874. The van der Waals surface area contributed by atoms with Gasteiger partial charge in [-0.2, -0.15) is 11.8 Å². The van der Waals surface area contributed by atoms with Crippen molar-refractivity contribution in [1.29, 1.82) is 0 Å². The molecule has 0 fully saturated rings. The minimum absolute atomic E-state index is 0.263. The summed E-state index contributed by atoms with van der Waals surface area (Å²) in [5.74, 6) is 0.506. The molecule has 1 atom stereocenters. The predicted molar refractivity (Wildman–Crippen MR) is 114 cm³/mol. The van der Waals surface area contributed by atoms with Crippen molar-refractivity contribution in [1.82, 2.24) is 5.32 Å². The zero-order valence-electron chi connectivity index (χ0n) is 14.7. The first-order valence-corrected chi connectivity index (χ1v) is 10.7. The molecule has 146 valence electrons. The molecule has 0 bridgehead atoms. The predicted octanol–water partition coefficient (Wildman–Crippen LogP) is 5.52. The summed E-state index contributed by atoms with van der Waals surface area (Å²) in [5.41, 5.74) is 1.58. The lowest BCUT2D eigenvalue weighted by Crippen LogP contribution is -2.36. The van der Waals surface area contributed by atoms with Gasteiger partial charge in [0.1, 0.15) is 18.4 Å². The summed E-state index contributed by atoms with van der Waals surface area (Å²) < 4.78 is 5.90. The van der Waals surface area contributed by atoms with E-state index >= 15 is 0 Å². The highest BCUT2D eigenvalue weighted by Crippen LogP contribution is 2.26. The summed E-state index contributed by atoms with van der Waals surface area (Å²) in [5, 5.41) is 14.1. The van der Waals surface area contributed by atoms with Crippen LogP contribution in [0.3, 0.4) is 0 Å². The SMILES string of the molecule is CSCCC(NCc1cc(Cl)ccc1OCc1ccc(Cl)cc1Cl)C(=O)O. The molecule has 2 aromatic carbocycles. The second-order valence-corrected chi connectivity index (χ2v) is 8.10. The second kappa shape index (κ2) is 11.0. The van der Waals surface area contributed by atoms with E-state index in [0.29, 0.717) is 33.8 Å². The number of thioether (sulfide) groups is 1. The molecule has 0 heterocycles. The minimum Gasteiger partial charge on any atom is -0.489 e. The number of ether oxygens (including phenoxy) is 1. The number of nitrogens with one attached hydrogen (secondary N) is 1. The lowest BCUT2D eigenvalue weighted by Gasteiger charge is -2.17. The van der Waals surface area contributed by atoms with Gasteiger partial charge in [-0.1, -0.05) is 40.9 Å². The van der Waals surface area contributed by atoms with E-state index in [0.717, 1.165) is 16.9 Å². The van der Waals surface area contributed by atoms with Gasteiger partial charge < -0.3 is 15.2 Å². The lowest BCUT2D eigenvalue weighted by molar-refractivity contribution is -0.139. The van der Waals surface area contributed by atoms with Crippen LogP contribution < -0.4 is 10.1 Å². The molecule has 4 nitrogen and oxygen atoms in total. The normalized spacial score (nSPS) is 12.0. The topological polar surface area (TPSA) is 58.6 Å². The number of aliphatic carboxylic acids is 1. The van der Waals surface area contributed by atoms with Crippen molar-refractivity contribution in [2.24, 2.45) is 0 Å². The van der Waals surface area contributed by atoms with Gasteiger partial charge >= 0.3 is 5.97 Å². The van der Waals surface area contributed by atoms with Crippen molar-refractivity contribution >= 4 is 52.5 Å². The molecular weight excluding hydrogens is 429 g/mol. The van der Waals surface area contributed by atoms with Crippen LogP contribution in [0.5, 0.6) is 5.75 Å². The van der Waals surface area contributed by atoms with Crippen molar-refractivity contribution in [3.05, 3.63) is 62.6 Å². The van der Waals surface area contributed by atoms with E-state index in [1.54, 1.807) is 48.2 Å². The van der Waals surface area contributed by atoms with Crippen molar-refractivity contribution in [2.75, 3.05) is 12.0 Å². The first-order chi connectivity index (χ1) is 12.9. The van der Waals surface area contributed by atoms with Crippen LogP contribution in [0.2, 0.25) is 15.1 Å². The zero-order chi connectivity index (χ0) is 19.8. The third-order valence-corrected chi connectivity index (χ3v) is 5.33. The standard InChI is InChI=1S/C19H20Cl3NO3S/c1-27-7-6-17(19(24)25)23-10-13-8-14(20)4-5-18(13)26-11-12-2-3-15(21)9-16(12)22/h2-5,8-9,17,23H,6-7,10-11H2,1H3,(H,24,25). The van der Waals surface area contributed by atoms with Gasteiger partial charge in [-0.3, -0.25) is 4.79 Å². The number of halogens is 3. The molecular formula is C19H20Cl3NO3S. The molecule has 8 heteroatoms. The molecule has 0 saturated carbocycles. The van der Waals surface area contributed by atoms with Crippen LogP contribution >= 0.6 is 46.6 Å². The molecule has 0 amide bonds. The summed E-state index contributed by atoms with van der Waals surface area (Å²) in [6.45, 7) is 0.592. The Morgan fingerprint density at radius 2 is 1.85 bits per heavy atom. The van der Waals surface area contributed by atoms with Gasteiger partial charge in [0.25, 0.3) is 0 Å². The van der Waals surface area contributed by atoms with Crippen molar-refractivity contribution in [3.63, 3.8) is 0 Å². The Hall–Kier alpha value is -1.11. The smallest absolute Gasteiger partial charge is 0.320 e. The fourth-order valence-corrected chi connectivity index (χ4v) is 3.53. The maximum absolute atomic E-state index is 11.4. The Labute approximate surface area is 178 Å². The molecule has 0 aliphatic heterocycles. The fourth-order valence-electron chi connectivity index (χ4n) is 2.40. The Kier molecular flexibility index (Phi) is 9.06. The van der Waals surface area contributed by atoms with Gasteiger partial charge in [0.15, 0.2) is 0 Å². The number of carboxylic acids is 1. The average molecular weight is 449 g/mol. The molecule has 1 unspecified atom stereocenters. The third-order valence-electron chi connectivity index (χ3n) is 3.87. The highest BCUT2D eigenvalue weighted by atomic mass is 35.5. The van der Waals surface area contributed by atoms with E-state index in [9.17, 15) is 9.90 Å². The zero-order valence-corrected chi connectivity index (χ0v) is 17.8. The van der Waals surface area contributed by atoms with E-state index in [1.165, 1.54) is 0 Å². The number of benzene rings is 2. The number of carboxylic acid groups (broad SMARTS) is 1. The van der Waals surface area contributed by atoms with Crippen LogP contribution in [0.4, 0.5) is 0 Å². The first-order valence-electron chi connectivity index (χ1n) is 8.21. The van der Waals surface area contributed by atoms with E-state index in [2.05, 4.69) is 5.32 Å². The molecule has 0 saturated heterocycles. The number of rotatable bonds is 10. The second-order valence-electron chi connectivity index (χ2n) is 5.83. The quantitative estimate of drug-likeness (QED) is 0.501. The van der Waals surface area contributed by atoms with E-state index in [1.807, 2.05) is 6.26 Å². The number of hydrogen-bond acceptors (Lipinski definition) is 4. The first kappa shape index (κ1) is 22.2. The highest BCUT2D eigenvalue weighted by molar-refractivity contribution is 7.98. The van der Waals surface area contributed by atoms with E-state index in [-0.39, 0.29) is 6.61 Å². The van der Waals surface area contributed by atoms with Crippen LogP contribution in [-0.4, -0.2) is 29.1 Å². The lowest BCUT2D eigenvalue weighted by atomic mass is 10.1. The summed E-state index contributed by atoms with van der Waals surface area (Å²) in [4.78, 5) is 11.4. The van der Waals surface area contributed by atoms with Crippen LogP contribution in [-0.2, 0) is 17.9 Å². The Bertz CT molecular complexity index is 789. The van der Waals surface area contributed by atoms with Gasteiger partial charge in [-0.25, -0.2) is 0 Å². The molecule has 2 rings (SSSR count). The maximum Gasteiger partial charge on any atom is 0.320 e. The van der Waals surface area contributed by atoms with Gasteiger partial charge in [-0.05, 0) is 48.8 Å². The van der Waals surface area contributed by atoms with Crippen LogP contribution in [0.15, 0.2) is 36.4 Å². The molecule has 2 N–H and O–H groups in total. The molecule has 27 heavy (non-hydrogen) atoms. The number of hydrogen-bond donors (Lipinski definition) is 2. The molecule has 0 aromatic heterocycles. The highest BCUT2D eigenvalue weighted by Gasteiger charge is 2.17. The molecule has 0 radical (unpaired) electrons. The van der Waals surface area contributed by atoms with Gasteiger partial charge in [0.2, 0.25) is 0 Å². The summed E-state index contributed by atoms with van der Waals surface area (Å²) >= 11 is 19.8. The maximum atomic E-state index is 11.4. The summed E-state index contributed by atoms with van der Waals surface area (Å²) in [7, 11) is 0. The molecule has 0 spiro atoms. The third kappa shape index (κ3) is 7.09. The van der Waals surface area contributed by atoms with Crippen molar-refractivity contribution in [3.8, 4) is 5.75 Å². The van der Waals surface area contributed by atoms with Crippen LogP contribution in [0.1, 0.15) is 17.5 Å². The van der Waals surface area contributed by atoms with E-state index < -0.39 is 12.0 Å². The largest absolute Gasteiger partial charge is 0.489 e. The van der Waals surface area contributed by atoms with Crippen molar-refractivity contribution < 1.29 is 14.6 Å². The molecule has 0 aliphatic rings. The summed E-state index contributed by atoms with van der Waals surface area (Å²) in [6.07, 6.45) is 2.48. The molecule has 0 aliphatic carbocycles. The Balaban J connectivity index is 2.08. The fraction of sp³-hybridized carbons (Fsp3) is 0.316. The van der Waals surface area contributed by atoms with Crippen LogP contribution in [0.25, 0.3) is 0 Å². The Morgan fingerprint density at radius 3 is 2.52 bits per heavy atom.